The molecule has 9 heteroatoms. The molecule has 0 saturated heterocycles. The number of carbonyl (C=O) groups excluding carboxylic acids is 1. The van der Waals surface area contributed by atoms with Crippen LogP contribution in [0.2, 0.25) is 0 Å². The molecule has 0 saturated carbocycles. The van der Waals surface area contributed by atoms with Crippen molar-refractivity contribution in [2.75, 3.05) is 17.4 Å². The predicted molar refractivity (Wildman–Crippen MR) is 102 cm³/mol. The summed E-state index contributed by atoms with van der Waals surface area (Å²) >= 11 is 0. The number of nitrogen functional groups attached to an aromatic ring is 1. The van der Waals surface area contributed by atoms with Crippen LogP contribution in [0.25, 0.3) is 5.69 Å². The number of aromatic nitrogens is 3. The minimum Gasteiger partial charge on any atom is -0.459 e. The molecule has 1 aromatic heterocycles. The second-order valence-corrected chi connectivity index (χ2v) is 6.05. The molecule has 0 radical (unpaired) electrons. The Hall–Kier alpha value is -4.01. The maximum absolute atomic E-state index is 11.3. The molecule has 0 atom stereocenters. The summed E-state index contributed by atoms with van der Waals surface area (Å²) in [7, 11) is 0. The van der Waals surface area contributed by atoms with Crippen molar-refractivity contribution in [3.05, 3.63) is 77.9 Å². The Morgan fingerprint density at radius 3 is 2.54 bits per heavy atom. The van der Waals surface area contributed by atoms with Crippen molar-refractivity contribution >= 4 is 17.8 Å². The lowest BCUT2D eigenvalue weighted by molar-refractivity contribution is 0.0780. The van der Waals surface area contributed by atoms with Gasteiger partial charge in [-0.1, -0.05) is 30.3 Å². The molecule has 4 rings (SSSR count). The number of benzene rings is 2. The molecule has 9 nitrogen and oxygen atoms in total. The van der Waals surface area contributed by atoms with Crippen LogP contribution >= 0.6 is 0 Å². The van der Waals surface area contributed by atoms with Gasteiger partial charge in [-0.15, -0.1) is 5.10 Å². The van der Waals surface area contributed by atoms with Crippen molar-refractivity contribution < 1.29 is 14.3 Å². The van der Waals surface area contributed by atoms with Crippen LogP contribution in [-0.4, -0.2) is 27.5 Å². The Bertz CT molecular complexity index is 1010. The Morgan fingerprint density at radius 1 is 1.14 bits per heavy atom. The van der Waals surface area contributed by atoms with Gasteiger partial charge < -0.3 is 20.9 Å². The number of nitrogens with two attached hydrogens (primary N) is 2. The maximum Gasteiger partial charge on any atom is 0.254 e. The molecular formula is C19H18N6O3. The molecule has 142 valence electrons. The molecule has 1 aliphatic heterocycles. The van der Waals surface area contributed by atoms with Gasteiger partial charge in [0.05, 0.1) is 12.2 Å². The summed E-state index contributed by atoms with van der Waals surface area (Å²) in [4.78, 5) is 17.4. The Morgan fingerprint density at radius 2 is 1.89 bits per heavy atom. The summed E-state index contributed by atoms with van der Waals surface area (Å²) < 4.78 is 12.2. The molecule has 2 heterocycles. The van der Waals surface area contributed by atoms with Crippen LogP contribution in [-0.2, 0) is 16.0 Å². The highest BCUT2D eigenvalue weighted by Crippen LogP contribution is 2.24. The lowest BCUT2D eigenvalue weighted by Crippen LogP contribution is -2.23. The third-order valence-electron chi connectivity index (χ3n) is 4.17. The molecule has 1 aliphatic rings. The van der Waals surface area contributed by atoms with Gasteiger partial charge in [-0.05, 0) is 29.8 Å². The first-order valence-corrected chi connectivity index (χ1v) is 8.50. The van der Waals surface area contributed by atoms with E-state index in [-0.39, 0.29) is 12.7 Å². The maximum atomic E-state index is 11.3. The van der Waals surface area contributed by atoms with Crippen molar-refractivity contribution in [3.63, 3.8) is 0 Å². The number of primary amides is 1. The van der Waals surface area contributed by atoms with E-state index in [1.54, 1.807) is 29.2 Å². The second-order valence-electron chi connectivity index (χ2n) is 6.05. The zero-order valence-corrected chi connectivity index (χ0v) is 14.9. The van der Waals surface area contributed by atoms with Gasteiger partial charge in [0, 0.05) is 5.56 Å². The summed E-state index contributed by atoms with van der Waals surface area (Å²) in [6.45, 7) is 0.603. The minimum absolute atomic E-state index is 0.130. The molecule has 4 N–H and O–H groups in total. The van der Waals surface area contributed by atoms with E-state index >= 15 is 0 Å². The van der Waals surface area contributed by atoms with Gasteiger partial charge in [0.25, 0.3) is 5.95 Å². The molecular weight excluding hydrogens is 360 g/mol. The average Bonchev–Trinajstić information content (AvgIpc) is 3.37. The third-order valence-corrected chi connectivity index (χ3v) is 4.17. The van der Waals surface area contributed by atoms with E-state index < -0.39 is 5.91 Å². The Labute approximate surface area is 160 Å². The first-order chi connectivity index (χ1) is 13.6. The smallest absolute Gasteiger partial charge is 0.254 e. The molecule has 0 fully saturated rings. The molecule has 1 amide bonds. The Balaban J connectivity index is 1.67. The molecule has 3 aromatic rings. The van der Waals surface area contributed by atoms with Gasteiger partial charge in [0.2, 0.25) is 24.5 Å². The molecule has 2 aromatic carbocycles. The van der Waals surface area contributed by atoms with E-state index in [0.29, 0.717) is 29.6 Å². The van der Waals surface area contributed by atoms with Gasteiger partial charge in [0.1, 0.15) is 6.26 Å². The standard InChI is InChI=1S/C19H18N6O3/c20-17(26)14-6-8-15(9-7-14)25-18(21)22-19(23-25)24(16-11-27-12-28-16)10-13-4-2-1-3-5-13/h1-9,11H,10,12H2,(H2,20,26)(H2,21,22,23). The van der Waals surface area contributed by atoms with E-state index in [1.807, 2.05) is 30.3 Å². The number of nitrogens with zero attached hydrogens (tertiary/aromatic N) is 4. The van der Waals surface area contributed by atoms with Crippen molar-refractivity contribution in [1.82, 2.24) is 14.8 Å². The molecule has 0 aliphatic carbocycles. The van der Waals surface area contributed by atoms with Crippen molar-refractivity contribution in [2.24, 2.45) is 5.73 Å². The second kappa shape index (κ2) is 7.31. The topological polar surface area (TPSA) is 122 Å². The quantitative estimate of drug-likeness (QED) is 0.670. The van der Waals surface area contributed by atoms with Crippen LogP contribution in [0.5, 0.6) is 0 Å². The highest BCUT2D eigenvalue weighted by Gasteiger charge is 2.23. The van der Waals surface area contributed by atoms with Crippen LogP contribution in [0.3, 0.4) is 0 Å². The molecule has 0 unspecified atom stereocenters. The summed E-state index contributed by atoms with van der Waals surface area (Å²) in [6.07, 6.45) is 1.52. The molecule has 0 bridgehead atoms. The number of rotatable bonds is 6. The van der Waals surface area contributed by atoms with Crippen LogP contribution in [0, 0.1) is 0 Å². The van der Waals surface area contributed by atoms with Gasteiger partial charge >= 0.3 is 0 Å². The lowest BCUT2D eigenvalue weighted by atomic mass is 10.2. The number of anilines is 2. The van der Waals surface area contributed by atoms with Crippen LogP contribution in [0.4, 0.5) is 11.9 Å². The third kappa shape index (κ3) is 3.45. The van der Waals surface area contributed by atoms with Gasteiger partial charge in [-0.25, -0.2) is 0 Å². The van der Waals surface area contributed by atoms with E-state index in [4.69, 9.17) is 20.9 Å². The fraction of sp³-hybridized carbons (Fsp3) is 0.105. The monoisotopic (exact) mass is 378 g/mol. The SMILES string of the molecule is NC(=O)c1ccc(-n2nc(N(Cc3ccccc3)C3=COCO3)nc2N)cc1. The number of hydrogen-bond donors (Lipinski definition) is 2. The number of ether oxygens (including phenoxy) is 2. The van der Waals surface area contributed by atoms with Crippen LogP contribution < -0.4 is 16.4 Å². The highest BCUT2D eigenvalue weighted by molar-refractivity contribution is 5.92. The summed E-state index contributed by atoms with van der Waals surface area (Å²) in [5, 5.41) is 4.51. The molecule has 28 heavy (non-hydrogen) atoms. The first kappa shape index (κ1) is 17.4. The zero-order chi connectivity index (χ0) is 19.5. The fourth-order valence-corrected chi connectivity index (χ4v) is 2.77. The minimum atomic E-state index is -0.502. The van der Waals surface area contributed by atoms with E-state index in [2.05, 4.69) is 10.1 Å². The Kier molecular flexibility index (Phi) is 4.55. The lowest BCUT2D eigenvalue weighted by Gasteiger charge is -2.20. The normalized spacial score (nSPS) is 12.8. The highest BCUT2D eigenvalue weighted by atomic mass is 16.7. The van der Waals surface area contributed by atoms with E-state index in [1.165, 1.54) is 10.9 Å². The average molecular weight is 378 g/mol. The summed E-state index contributed by atoms with van der Waals surface area (Å²) in [6, 6.07) is 16.5. The molecule has 0 spiro atoms. The van der Waals surface area contributed by atoms with Crippen LogP contribution in [0.15, 0.2) is 66.7 Å². The van der Waals surface area contributed by atoms with Gasteiger partial charge in [0.15, 0.2) is 0 Å². The zero-order valence-electron chi connectivity index (χ0n) is 14.9. The van der Waals surface area contributed by atoms with Crippen molar-refractivity contribution in [1.29, 1.82) is 0 Å². The summed E-state index contributed by atoms with van der Waals surface area (Å²) in [5.74, 6) is 0.541. The van der Waals surface area contributed by atoms with Crippen LogP contribution in [0.1, 0.15) is 15.9 Å². The first-order valence-electron chi connectivity index (χ1n) is 8.50. The number of carbonyl (C=O) groups is 1. The van der Waals surface area contributed by atoms with Crippen molar-refractivity contribution in [2.45, 2.75) is 6.54 Å². The predicted octanol–water partition coefficient (Wildman–Crippen LogP) is 1.76. The van der Waals surface area contributed by atoms with E-state index in [0.717, 1.165) is 5.56 Å². The largest absolute Gasteiger partial charge is 0.459 e. The van der Waals surface area contributed by atoms with E-state index in [9.17, 15) is 4.79 Å². The fourth-order valence-electron chi connectivity index (χ4n) is 2.77. The summed E-state index contributed by atoms with van der Waals surface area (Å²) in [5.41, 5.74) is 13.5. The number of amides is 1. The van der Waals surface area contributed by atoms with Crippen molar-refractivity contribution in [3.8, 4) is 5.69 Å². The van der Waals surface area contributed by atoms with Gasteiger partial charge in [-0.3, -0.25) is 9.69 Å². The number of hydrogen-bond acceptors (Lipinski definition) is 7. The van der Waals surface area contributed by atoms with Gasteiger partial charge in [-0.2, -0.15) is 9.67 Å².